The lowest BCUT2D eigenvalue weighted by Crippen LogP contribution is -2.17. The molecule has 3 heterocycles. The zero-order valence-electron chi connectivity index (χ0n) is 22.1. The van der Waals surface area contributed by atoms with Crippen LogP contribution in [0.3, 0.4) is 0 Å². The molecule has 0 aliphatic carbocycles. The summed E-state index contributed by atoms with van der Waals surface area (Å²) >= 11 is 5.95. The summed E-state index contributed by atoms with van der Waals surface area (Å²) in [4.78, 5) is 20.9. The quantitative estimate of drug-likeness (QED) is 0.206. The Balaban J connectivity index is 1.24. The summed E-state index contributed by atoms with van der Waals surface area (Å²) in [5.74, 6) is -0.294. The van der Waals surface area contributed by atoms with Gasteiger partial charge in [0.05, 0.1) is 34.9 Å². The first-order chi connectivity index (χ1) is 19.9. The van der Waals surface area contributed by atoms with E-state index in [2.05, 4.69) is 4.98 Å². The molecule has 0 radical (unpaired) electrons. The third-order valence-corrected chi connectivity index (χ3v) is 7.46. The minimum Gasteiger partial charge on any atom is -0.478 e. The molecule has 1 aliphatic heterocycles. The molecule has 1 saturated heterocycles. The maximum Gasteiger partial charge on any atom is 0.335 e. The molecule has 6 rings (SSSR count). The van der Waals surface area contributed by atoms with E-state index in [1.54, 1.807) is 36.4 Å². The van der Waals surface area contributed by atoms with Crippen LogP contribution in [0.15, 0.2) is 78.9 Å². The molecule has 208 valence electrons. The maximum absolute atomic E-state index is 15.5. The molecule has 5 aromatic rings. The number of carboxylic acid groups (broad SMARTS) is 1. The van der Waals surface area contributed by atoms with Crippen LogP contribution in [0.5, 0.6) is 5.88 Å². The van der Waals surface area contributed by atoms with Crippen LogP contribution in [0, 0.1) is 5.82 Å². The second-order valence-corrected chi connectivity index (χ2v) is 10.5. The highest BCUT2D eigenvalue weighted by Gasteiger charge is 2.21. The number of imidazole rings is 1. The molecule has 2 aromatic heterocycles. The SMILES string of the molecule is O=C(O)c1ccc2nc(Cc3ccc(-c4cccc(OCc5ccc(Cl)cc5)n4)cc3F)n(CC3CCCO3)c2c1. The summed E-state index contributed by atoms with van der Waals surface area (Å²) in [5.41, 5.74) is 4.21. The van der Waals surface area contributed by atoms with Gasteiger partial charge in [0, 0.05) is 29.7 Å². The fraction of sp³-hybridized carbons (Fsp3) is 0.219. The smallest absolute Gasteiger partial charge is 0.335 e. The Morgan fingerprint density at radius 3 is 2.68 bits per heavy atom. The molecule has 1 fully saturated rings. The van der Waals surface area contributed by atoms with E-state index in [0.29, 0.717) is 64.3 Å². The van der Waals surface area contributed by atoms with Crippen molar-refractivity contribution < 1.29 is 23.8 Å². The van der Waals surface area contributed by atoms with E-state index in [4.69, 9.17) is 26.1 Å². The van der Waals surface area contributed by atoms with Crippen LogP contribution < -0.4 is 4.74 Å². The van der Waals surface area contributed by atoms with Gasteiger partial charge < -0.3 is 19.1 Å². The molecule has 3 aromatic carbocycles. The van der Waals surface area contributed by atoms with Crippen molar-refractivity contribution in [3.8, 4) is 17.1 Å². The van der Waals surface area contributed by atoms with Crippen molar-refractivity contribution in [2.45, 2.75) is 38.5 Å². The molecule has 0 spiro atoms. The molecular weight excluding hydrogens is 545 g/mol. The summed E-state index contributed by atoms with van der Waals surface area (Å²) in [5, 5.41) is 10.2. The van der Waals surface area contributed by atoms with E-state index in [9.17, 15) is 9.90 Å². The van der Waals surface area contributed by atoms with Gasteiger partial charge in [0.25, 0.3) is 0 Å². The standard InChI is InChI=1S/C32H27ClFN3O4/c33-24-11-6-20(7-12-24)19-41-31-5-1-4-27(36-31)22-9-8-21(26(34)15-22)17-30-35-28-13-10-23(32(38)39)16-29(28)37(30)18-25-3-2-14-40-25/h1,4-13,15-16,25H,2-3,14,17-19H2,(H,38,39). The zero-order valence-corrected chi connectivity index (χ0v) is 22.9. The van der Waals surface area contributed by atoms with Crippen LogP contribution in [0.4, 0.5) is 4.39 Å². The fourth-order valence-corrected chi connectivity index (χ4v) is 5.18. The predicted molar refractivity (Wildman–Crippen MR) is 154 cm³/mol. The Morgan fingerprint density at radius 2 is 1.93 bits per heavy atom. The first-order valence-electron chi connectivity index (χ1n) is 13.4. The van der Waals surface area contributed by atoms with E-state index in [1.807, 2.05) is 34.9 Å². The molecule has 0 amide bonds. The van der Waals surface area contributed by atoms with E-state index in [0.717, 1.165) is 18.4 Å². The average Bonchev–Trinajstić information content (AvgIpc) is 3.62. The number of nitrogens with zero attached hydrogens (tertiary/aromatic N) is 3. The Kier molecular flexibility index (Phi) is 7.67. The first-order valence-corrected chi connectivity index (χ1v) is 13.8. The largest absolute Gasteiger partial charge is 0.478 e. The predicted octanol–water partition coefficient (Wildman–Crippen LogP) is 6.94. The number of pyridine rings is 1. The fourth-order valence-electron chi connectivity index (χ4n) is 5.05. The van der Waals surface area contributed by atoms with Crippen molar-refractivity contribution in [2.24, 2.45) is 0 Å². The molecule has 9 heteroatoms. The first kappa shape index (κ1) is 26.9. The topological polar surface area (TPSA) is 86.5 Å². The molecule has 1 atom stereocenters. The molecule has 1 N–H and O–H groups in total. The van der Waals surface area contributed by atoms with Gasteiger partial charge in [-0.05, 0) is 66.4 Å². The minimum atomic E-state index is -1.01. The van der Waals surface area contributed by atoms with Gasteiger partial charge in [-0.25, -0.2) is 19.2 Å². The van der Waals surface area contributed by atoms with Crippen LogP contribution in [-0.2, 0) is 24.3 Å². The van der Waals surface area contributed by atoms with Crippen molar-refractivity contribution in [1.82, 2.24) is 14.5 Å². The van der Waals surface area contributed by atoms with E-state index >= 15 is 4.39 Å². The highest BCUT2D eigenvalue weighted by molar-refractivity contribution is 6.30. The van der Waals surface area contributed by atoms with Crippen LogP contribution in [0.1, 0.15) is 40.2 Å². The van der Waals surface area contributed by atoms with Gasteiger partial charge in [0.15, 0.2) is 0 Å². The van der Waals surface area contributed by atoms with Crippen molar-refractivity contribution in [2.75, 3.05) is 6.61 Å². The van der Waals surface area contributed by atoms with Gasteiger partial charge >= 0.3 is 5.97 Å². The van der Waals surface area contributed by atoms with E-state index < -0.39 is 5.97 Å². The maximum atomic E-state index is 15.5. The highest BCUT2D eigenvalue weighted by Crippen LogP contribution is 2.27. The molecule has 1 aliphatic rings. The van der Waals surface area contributed by atoms with Crippen LogP contribution >= 0.6 is 11.6 Å². The Morgan fingerprint density at radius 1 is 1.07 bits per heavy atom. The number of benzene rings is 3. The monoisotopic (exact) mass is 571 g/mol. The van der Waals surface area contributed by atoms with Gasteiger partial charge in [-0.15, -0.1) is 0 Å². The lowest BCUT2D eigenvalue weighted by atomic mass is 10.1. The molecule has 0 saturated carbocycles. The number of hydrogen-bond acceptors (Lipinski definition) is 5. The summed E-state index contributed by atoms with van der Waals surface area (Å²) < 4.78 is 29.1. The van der Waals surface area contributed by atoms with Crippen molar-refractivity contribution in [3.63, 3.8) is 0 Å². The van der Waals surface area contributed by atoms with Crippen molar-refractivity contribution in [3.05, 3.63) is 112 Å². The van der Waals surface area contributed by atoms with Gasteiger partial charge in [0.1, 0.15) is 18.2 Å². The van der Waals surface area contributed by atoms with Crippen molar-refractivity contribution in [1.29, 1.82) is 0 Å². The third kappa shape index (κ3) is 6.09. The number of ether oxygens (including phenoxy) is 2. The number of rotatable bonds is 9. The number of aromatic carboxylic acids is 1. The Labute approximate surface area is 241 Å². The van der Waals surface area contributed by atoms with Gasteiger partial charge in [-0.1, -0.05) is 41.9 Å². The minimum absolute atomic E-state index is 0.00659. The highest BCUT2D eigenvalue weighted by atomic mass is 35.5. The van der Waals surface area contributed by atoms with Gasteiger partial charge in [0.2, 0.25) is 5.88 Å². The number of carboxylic acids is 1. The molecule has 41 heavy (non-hydrogen) atoms. The Bertz CT molecular complexity index is 1710. The average molecular weight is 572 g/mol. The number of hydrogen-bond donors (Lipinski definition) is 1. The molecule has 0 bridgehead atoms. The summed E-state index contributed by atoms with van der Waals surface area (Å²) in [7, 11) is 0. The van der Waals surface area contributed by atoms with Crippen molar-refractivity contribution >= 4 is 28.6 Å². The number of halogens is 2. The second kappa shape index (κ2) is 11.7. The lowest BCUT2D eigenvalue weighted by molar-refractivity contribution is 0.0697. The van der Waals surface area contributed by atoms with Gasteiger partial charge in [-0.3, -0.25) is 0 Å². The van der Waals surface area contributed by atoms with Gasteiger partial charge in [-0.2, -0.15) is 0 Å². The molecular formula is C32H27ClFN3O4. The zero-order chi connectivity index (χ0) is 28.3. The lowest BCUT2D eigenvalue weighted by Gasteiger charge is -2.15. The third-order valence-electron chi connectivity index (χ3n) is 7.21. The van der Waals surface area contributed by atoms with E-state index in [1.165, 1.54) is 12.1 Å². The number of carbonyl (C=O) groups is 1. The Hall–Kier alpha value is -4.27. The number of fused-ring (bicyclic) bond motifs is 1. The normalized spacial score (nSPS) is 14.9. The molecule has 1 unspecified atom stereocenters. The molecule has 7 nitrogen and oxygen atoms in total. The summed E-state index contributed by atoms with van der Waals surface area (Å²) in [6.45, 7) is 1.56. The van der Waals surface area contributed by atoms with E-state index in [-0.39, 0.29) is 23.9 Å². The summed E-state index contributed by atoms with van der Waals surface area (Å²) in [6.07, 6.45) is 2.14. The van der Waals surface area contributed by atoms with Crippen LogP contribution in [0.2, 0.25) is 5.02 Å². The number of aromatic nitrogens is 3. The second-order valence-electron chi connectivity index (χ2n) is 10.0. The van der Waals surface area contributed by atoms with Crippen LogP contribution in [-0.4, -0.2) is 38.3 Å². The van der Waals surface area contributed by atoms with Crippen LogP contribution in [0.25, 0.3) is 22.3 Å². The summed E-state index contributed by atoms with van der Waals surface area (Å²) in [6, 6.07) is 22.7.